The van der Waals surface area contributed by atoms with Gasteiger partial charge in [-0.05, 0) is 43.5 Å². The molecule has 182 valence electrons. The number of carbonyl (C=O) groups is 1. The van der Waals surface area contributed by atoms with Crippen molar-refractivity contribution in [3.05, 3.63) is 113 Å². The smallest absolute Gasteiger partial charge is 0.263 e. The van der Waals surface area contributed by atoms with Crippen LogP contribution < -0.4 is 10.9 Å². The molecule has 1 atom stereocenters. The van der Waals surface area contributed by atoms with Gasteiger partial charge in [0.1, 0.15) is 17.5 Å². The minimum atomic E-state index is -0.515. The van der Waals surface area contributed by atoms with Crippen LogP contribution in [0.4, 0.5) is 0 Å². The van der Waals surface area contributed by atoms with E-state index in [9.17, 15) is 9.59 Å². The summed E-state index contributed by atoms with van der Waals surface area (Å²) >= 11 is 0. The number of hydrogen-bond donors (Lipinski definition) is 1. The number of carbonyl (C=O) groups excluding carboxylic acids is 1. The average Bonchev–Trinajstić information content (AvgIpc) is 3.56. The number of pyridine rings is 1. The van der Waals surface area contributed by atoms with Crippen LogP contribution >= 0.6 is 0 Å². The molecule has 4 aromatic heterocycles. The Kier molecular flexibility index (Phi) is 5.37. The maximum Gasteiger partial charge on any atom is 0.263 e. The van der Waals surface area contributed by atoms with E-state index in [0.717, 1.165) is 5.39 Å². The summed E-state index contributed by atoms with van der Waals surface area (Å²) < 4.78 is 8.25. The van der Waals surface area contributed by atoms with Crippen LogP contribution in [0.5, 0.6) is 0 Å². The number of para-hydroxylation sites is 1. The molecular weight excluding hydrogens is 468 g/mol. The number of rotatable bonds is 5. The van der Waals surface area contributed by atoms with Gasteiger partial charge in [-0.15, -0.1) is 0 Å². The van der Waals surface area contributed by atoms with Crippen LogP contribution in [-0.2, 0) is 0 Å². The van der Waals surface area contributed by atoms with Crippen molar-refractivity contribution >= 4 is 22.3 Å². The number of aryl methyl sites for hydroxylation is 1. The number of nitrogens with zero attached hydrogens (tertiary/aromatic N) is 5. The highest BCUT2D eigenvalue weighted by Gasteiger charge is 2.23. The average molecular weight is 491 g/mol. The Labute approximate surface area is 211 Å². The lowest BCUT2D eigenvalue weighted by molar-refractivity contribution is 0.0939. The highest BCUT2D eigenvalue weighted by Crippen LogP contribution is 2.28. The van der Waals surface area contributed by atoms with Gasteiger partial charge in [-0.2, -0.15) is 5.10 Å². The third-order valence-electron chi connectivity index (χ3n) is 6.39. The van der Waals surface area contributed by atoms with Crippen LogP contribution in [0.2, 0.25) is 0 Å². The molecule has 2 aromatic carbocycles. The quantitative estimate of drug-likeness (QED) is 0.382. The van der Waals surface area contributed by atoms with Crippen LogP contribution in [0, 0.1) is 6.92 Å². The Morgan fingerprint density at radius 3 is 2.68 bits per heavy atom. The normalized spacial score (nSPS) is 12.2. The summed E-state index contributed by atoms with van der Waals surface area (Å²) in [7, 11) is 0. The molecule has 0 saturated carbocycles. The van der Waals surface area contributed by atoms with Crippen molar-refractivity contribution in [2.24, 2.45) is 0 Å². The number of fused-ring (bicyclic) bond motifs is 2. The fourth-order valence-corrected chi connectivity index (χ4v) is 4.71. The van der Waals surface area contributed by atoms with Gasteiger partial charge < -0.3 is 9.84 Å². The van der Waals surface area contributed by atoms with Crippen molar-refractivity contribution in [3.63, 3.8) is 0 Å². The van der Waals surface area contributed by atoms with Crippen LogP contribution in [0.1, 0.15) is 34.7 Å². The molecule has 1 N–H and O–H groups in total. The first kappa shape index (κ1) is 22.4. The van der Waals surface area contributed by atoms with Crippen LogP contribution in [0.3, 0.4) is 0 Å². The lowest BCUT2D eigenvalue weighted by Crippen LogP contribution is -2.32. The molecule has 0 saturated heterocycles. The fraction of sp³-hybridized carbons (Fsp3) is 0.107. The Morgan fingerprint density at radius 2 is 1.89 bits per heavy atom. The molecule has 6 rings (SSSR count). The highest BCUT2D eigenvalue weighted by molar-refractivity contribution is 6.01. The summed E-state index contributed by atoms with van der Waals surface area (Å²) in [6.07, 6.45) is 4.85. The zero-order chi connectivity index (χ0) is 25.5. The third-order valence-corrected chi connectivity index (χ3v) is 6.39. The van der Waals surface area contributed by atoms with E-state index in [-0.39, 0.29) is 11.5 Å². The first-order chi connectivity index (χ1) is 18.0. The fourth-order valence-electron chi connectivity index (χ4n) is 4.71. The topological polar surface area (TPSA) is 107 Å². The maximum absolute atomic E-state index is 14.1. The molecule has 6 aromatic rings. The van der Waals surface area contributed by atoms with Crippen LogP contribution in [0.25, 0.3) is 33.4 Å². The van der Waals surface area contributed by atoms with Crippen LogP contribution in [-0.4, -0.2) is 30.2 Å². The molecule has 0 unspecified atom stereocenters. The van der Waals surface area contributed by atoms with Crippen molar-refractivity contribution in [1.29, 1.82) is 0 Å². The lowest BCUT2D eigenvalue weighted by atomic mass is 10.0. The van der Waals surface area contributed by atoms with E-state index in [2.05, 4.69) is 20.6 Å². The molecule has 1 amide bonds. The predicted molar refractivity (Wildman–Crippen MR) is 139 cm³/mol. The number of aromatic nitrogens is 5. The zero-order valence-corrected chi connectivity index (χ0v) is 20.1. The van der Waals surface area contributed by atoms with Gasteiger partial charge in [0.25, 0.3) is 11.5 Å². The second-order valence-corrected chi connectivity index (χ2v) is 8.74. The van der Waals surface area contributed by atoms with E-state index in [1.54, 1.807) is 40.5 Å². The molecule has 0 bridgehead atoms. The predicted octanol–water partition coefficient (Wildman–Crippen LogP) is 4.49. The SMILES string of the molecule is Cc1nn2cccnc2c1C(=O)N[C@@H](C)c1cc2cccc(-c3ccon3)c2c(=O)n1-c1ccccc1. The van der Waals surface area contributed by atoms with Gasteiger partial charge >= 0.3 is 0 Å². The Morgan fingerprint density at radius 1 is 1.05 bits per heavy atom. The van der Waals surface area contributed by atoms with E-state index in [4.69, 9.17) is 4.52 Å². The second-order valence-electron chi connectivity index (χ2n) is 8.74. The summed E-state index contributed by atoms with van der Waals surface area (Å²) in [6.45, 7) is 3.63. The van der Waals surface area contributed by atoms with Crippen molar-refractivity contribution in [2.75, 3.05) is 0 Å². The summed E-state index contributed by atoms with van der Waals surface area (Å²) in [4.78, 5) is 31.8. The highest BCUT2D eigenvalue weighted by atomic mass is 16.5. The van der Waals surface area contributed by atoms with Gasteiger partial charge in [-0.1, -0.05) is 41.6 Å². The molecular formula is C28H22N6O3. The summed E-state index contributed by atoms with van der Waals surface area (Å²) in [5.41, 5.74) is 3.80. The van der Waals surface area contributed by atoms with E-state index < -0.39 is 6.04 Å². The largest absolute Gasteiger partial charge is 0.364 e. The van der Waals surface area contributed by atoms with Crippen molar-refractivity contribution < 1.29 is 9.32 Å². The maximum atomic E-state index is 14.1. The van der Waals surface area contributed by atoms with Crippen molar-refractivity contribution in [3.8, 4) is 16.9 Å². The molecule has 4 heterocycles. The lowest BCUT2D eigenvalue weighted by Gasteiger charge is -2.21. The molecule has 0 spiro atoms. The van der Waals surface area contributed by atoms with E-state index in [1.807, 2.05) is 61.5 Å². The van der Waals surface area contributed by atoms with Crippen molar-refractivity contribution in [1.82, 2.24) is 29.6 Å². The molecule has 9 heteroatoms. The summed E-state index contributed by atoms with van der Waals surface area (Å²) in [6, 6.07) is 19.9. The molecule has 0 aliphatic carbocycles. The minimum Gasteiger partial charge on any atom is -0.364 e. The summed E-state index contributed by atoms with van der Waals surface area (Å²) in [5, 5.41) is 12.8. The van der Waals surface area contributed by atoms with E-state index in [1.165, 1.54) is 6.26 Å². The molecule has 0 aliphatic rings. The third kappa shape index (κ3) is 3.77. The Hall–Kier alpha value is -5.05. The van der Waals surface area contributed by atoms with Gasteiger partial charge in [0.05, 0.1) is 17.1 Å². The Balaban J connectivity index is 1.51. The first-order valence-electron chi connectivity index (χ1n) is 11.8. The molecule has 9 nitrogen and oxygen atoms in total. The standard InChI is InChI=1S/C28H22N6O3/c1-17(30-27(35)24-18(2)31-33-14-7-13-29-26(24)33)23-16-19-8-6-11-21(22-12-15-37-32-22)25(19)28(36)34(23)20-9-4-3-5-10-20/h3-17H,1-2H3,(H,30,35)/t17-/m0/s1. The van der Waals surface area contributed by atoms with Gasteiger partial charge in [-0.3, -0.25) is 14.2 Å². The molecule has 0 aliphatic heterocycles. The number of nitrogens with one attached hydrogen (secondary N) is 1. The van der Waals surface area contributed by atoms with Crippen molar-refractivity contribution in [2.45, 2.75) is 19.9 Å². The number of hydrogen-bond acceptors (Lipinski definition) is 6. The monoisotopic (exact) mass is 490 g/mol. The summed E-state index contributed by atoms with van der Waals surface area (Å²) in [5.74, 6) is -0.317. The van der Waals surface area contributed by atoms with Gasteiger partial charge in [0, 0.05) is 35.4 Å². The zero-order valence-electron chi connectivity index (χ0n) is 20.1. The number of amides is 1. The first-order valence-corrected chi connectivity index (χ1v) is 11.8. The van der Waals surface area contributed by atoms with Crippen LogP contribution in [0.15, 0.2) is 94.7 Å². The molecule has 0 radical (unpaired) electrons. The molecule has 0 fully saturated rings. The number of benzene rings is 2. The van der Waals surface area contributed by atoms with Gasteiger partial charge in [0.15, 0.2) is 5.65 Å². The minimum absolute atomic E-state index is 0.216. The van der Waals surface area contributed by atoms with E-state index in [0.29, 0.717) is 44.9 Å². The second kappa shape index (κ2) is 8.87. The van der Waals surface area contributed by atoms with Gasteiger partial charge in [-0.25, -0.2) is 9.50 Å². The molecule has 37 heavy (non-hydrogen) atoms. The van der Waals surface area contributed by atoms with Gasteiger partial charge in [0.2, 0.25) is 0 Å². The Bertz CT molecular complexity index is 1820. The van der Waals surface area contributed by atoms with E-state index >= 15 is 0 Å².